The quantitative estimate of drug-likeness (QED) is 0.801. The molecule has 0 bridgehead atoms. The molecule has 20 heavy (non-hydrogen) atoms. The van der Waals surface area contributed by atoms with E-state index in [0.717, 1.165) is 12.2 Å². The average molecular weight is 283 g/mol. The van der Waals surface area contributed by atoms with Crippen LogP contribution in [0.1, 0.15) is 32.5 Å². The predicted octanol–water partition coefficient (Wildman–Crippen LogP) is 1.82. The summed E-state index contributed by atoms with van der Waals surface area (Å²) in [4.78, 5) is 6.24. The predicted molar refractivity (Wildman–Crippen MR) is 79.0 cm³/mol. The fourth-order valence-corrected chi connectivity index (χ4v) is 2.62. The number of nitrogens with zero attached hydrogens (tertiary/aromatic N) is 2. The summed E-state index contributed by atoms with van der Waals surface area (Å²) >= 11 is 0. The molecule has 0 aliphatic carbocycles. The van der Waals surface area contributed by atoms with E-state index in [4.69, 9.17) is 0 Å². The molecule has 2 unspecified atom stereocenters. The number of rotatable bonds is 7. The lowest BCUT2D eigenvalue weighted by Crippen LogP contribution is -2.40. The summed E-state index contributed by atoms with van der Waals surface area (Å²) in [5, 5.41) is 13.1. The van der Waals surface area contributed by atoms with E-state index < -0.39 is 5.60 Å². The van der Waals surface area contributed by atoms with E-state index in [1.807, 2.05) is 14.1 Å². The number of pyridine rings is 1. The van der Waals surface area contributed by atoms with Crippen LogP contribution in [0.15, 0.2) is 18.3 Å². The number of aromatic nitrogens is 1. The van der Waals surface area contributed by atoms with E-state index in [-0.39, 0.29) is 17.8 Å². The average Bonchev–Trinajstić information content (AvgIpc) is 2.29. The van der Waals surface area contributed by atoms with E-state index in [1.54, 1.807) is 19.9 Å². The molecule has 0 radical (unpaired) electrons. The third kappa shape index (κ3) is 5.53. The number of hydrogen-bond donors (Lipinski definition) is 2. The summed E-state index contributed by atoms with van der Waals surface area (Å²) in [6, 6.07) is 3.20. The van der Waals surface area contributed by atoms with Crippen LogP contribution in [-0.2, 0) is 0 Å². The molecule has 0 spiro atoms. The largest absolute Gasteiger partial charge is 0.389 e. The van der Waals surface area contributed by atoms with Gasteiger partial charge >= 0.3 is 0 Å². The first-order valence-electron chi connectivity index (χ1n) is 6.92. The molecule has 1 aromatic heterocycles. The van der Waals surface area contributed by atoms with Crippen LogP contribution in [0.3, 0.4) is 0 Å². The normalized spacial score (nSPS) is 15.4. The molecular weight excluding hydrogens is 257 g/mol. The van der Waals surface area contributed by atoms with E-state index in [9.17, 15) is 9.50 Å². The van der Waals surface area contributed by atoms with Gasteiger partial charge in [-0.25, -0.2) is 4.39 Å². The highest BCUT2D eigenvalue weighted by atomic mass is 19.1. The van der Waals surface area contributed by atoms with Crippen molar-refractivity contribution in [3.8, 4) is 0 Å². The molecule has 2 atom stereocenters. The van der Waals surface area contributed by atoms with E-state index in [1.165, 1.54) is 12.3 Å². The maximum Gasteiger partial charge on any atom is 0.141 e. The molecule has 0 aliphatic heterocycles. The van der Waals surface area contributed by atoms with Crippen LogP contribution >= 0.6 is 0 Å². The second-order valence-corrected chi connectivity index (χ2v) is 6.15. The van der Waals surface area contributed by atoms with Gasteiger partial charge in [-0.15, -0.1) is 0 Å². The van der Waals surface area contributed by atoms with Gasteiger partial charge in [0.15, 0.2) is 0 Å². The molecule has 1 aromatic rings. The third-order valence-corrected chi connectivity index (χ3v) is 3.21. The van der Waals surface area contributed by atoms with Crippen molar-refractivity contribution < 1.29 is 9.50 Å². The highest BCUT2D eigenvalue weighted by Crippen LogP contribution is 2.21. The molecule has 5 heteroatoms. The Kier molecular flexibility index (Phi) is 6.05. The number of hydrogen-bond acceptors (Lipinski definition) is 4. The van der Waals surface area contributed by atoms with Crippen LogP contribution in [0.25, 0.3) is 0 Å². The van der Waals surface area contributed by atoms with Crippen molar-refractivity contribution in [1.29, 1.82) is 0 Å². The molecule has 0 amide bonds. The smallest absolute Gasteiger partial charge is 0.141 e. The second-order valence-electron chi connectivity index (χ2n) is 6.15. The molecule has 0 aromatic carbocycles. The first kappa shape index (κ1) is 17.0. The van der Waals surface area contributed by atoms with Gasteiger partial charge in [-0.1, -0.05) is 6.92 Å². The van der Waals surface area contributed by atoms with Crippen molar-refractivity contribution in [2.75, 3.05) is 27.2 Å². The minimum absolute atomic E-state index is 0.0554. The molecule has 0 aliphatic rings. The van der Waals surface area contributed by atoms with Crippen molar-refractivity contribution >= 4 is 0 Å². The van der Waals surface area contributed by atoms with Crippen molar-refractivity contribution in [3.05, 3.63) is 29.8 Å². The van der Waals surface area contributed by atoms with E-state index in [0.29, 0.717) is 6.54 Å². The fourth-order valence-electron chi connectivity index (χ4n) is 2.62. The standard InChI is InChI=1S/C15H26FN3O/c1-11(9-19(5)10-15(2,3)20)14(17-4)13-7-6-12(16)8-18-13/h6-8,11,14,17,20H,9-10H2,1-5H3. The van der Waals surface area contributed by atoms with Crippen LogP contribution in [0.4, 0.5) is 4.39 Å². The van der Waals surface area contributed by atoms with Gasteiger partial charge in [-0.2, -0.15) is 0 Å². The summed E-state index contributed by atoms with van der Waals surface area (Å²) in [6.45, 7) is 7.13. The van der Waals surface area contributed by atoms with Gasteiger partial charge in [0.05, 0.1) is 23.5 Å². The highest BCUT2D eigenvalue weighted by molar-refractivity contribution is 5.10. The van der Waals surface area contributed by atoms with Crippen LogP contribution in [-0.4, -0.2) is 47.8 Å². The van der Waals surface area contributed by atoms with E-state index >= 15 is 0 Å². The van der Waals surface area contributed by atoms with Gasteiger partial charge in [0.2, 0.25) is 0 Å². The van der Waals surface area contributed by atoms with Crippen LogP contribution in [0, 0.1) is 11.7 Å². The third-order valence-electron chi connectivity index (χ3n) is 3.21. The summed E-state index contributed by atoms with van der Waals surface area (Å²) < 4.78 is 12.9. The lowest BCUT2D eigenvalue weighted by atomic mass is 9.97. The van der Waals surface area contributed by atoms with Gasteiger partial charge in [-0.3, -0.25) is 4.98 Å². The highest BCUT2D eigenvalue weighted by Gasteiger charge is 2.22. The van der Waals surface area contributed by atoms with Crippen molar-refractivity contribution in [3.63, 3.8) is 0 Å². The summed E-state index contributed by atoms with van der Waals surface area (Å²) in [5.41, 5.74) is 0.121. The Morgan fingerprint density at radius 2 is 2.10 bits per heavy atom. The van der Waals surface area contributed by atoms with Crippen molar-refractivity contribution in [2.24, 2.45) is 5.92 Å². The van der Waals surface area contributed by atoms with Crippen LogP contribution in [0.5, 0.6) is 0 Å². The summed E-state index contributed by atoms with van der Waals surface area (Å²) in [6.07, 6.45) is 1.24. The van der Waals surface area contributed by atoms with Gasteiger partial charge in [0.25, 0.3) is 0 Å². The van der Waals surface area contributed by atoms with Gasteiger partial charge < -0.3 is 15.3 Å². The topological polar surface area (TPSA) is 48.4 Å². The monoisotopic (exact) mass is 283 g/mol. The maximum atomic E-state index is 12.9. The van der Waals surface area contributed by atoms with Crippen molar-refractivity contribution in [1.82, 2.24) is 15.2 Å². The Morgan fingerprint density at radius 1 is 1.45 bits per heavy atom. The van der Waals surface area contributed by atoms with Gasteiger partial charge in [-0.05, 0) is 46.0 Å². The van der Waals surface area contributed by atoms with E-state index in [2.05, 4.69) is 22.1 Å². The molecule has 1 rings (SSSR count). The minimum Gasteiger partial charge on any atom is -0.389 e. The summed E-state index contributed by atoms with van der Waals surface area (Å²) in [7, 11) is 3.86. The van der Waals surface area contributed by atoms with Crippen LogP contribution < -0.4 is 5.32 Å². The molecule has 4 nitrogen and oxygen atoms in total. The Balaban J connectivity index is 2.67. The molecular formula is C15H26FN3O. The molecule has 0 fully saturated rings. The number of likely N-dealkylation sites (N-methyl/N-ethyl adjacent to an activating group) is 1. The zero-order valence-electron chi connectivity index (χ0n) is 13.0. The maximum absolute atomic E-state index is 12.9. The van der Waals surface area contributed by atoms with Gasteiger partial charge in [0.1, 0.15) is 5.82 Å². The first-order valence-corrected chi connectivity index (χ1v) is 6.92. The number of nitrogens with one attached hydrogen (secondary N) is 1. The molecule has 0 saturated carbocycles. The zero-order chi connectivity index (χ0) is 15.3. The second kappa shape index (κ2) is 7.11. The van der Waals surface area contributed by atoms with Crippen molar-refractivity contribution in [2.45, 2.75) is 32.4 Å². The fraction of sp³-hybridized carbons (Fsp3) is 0.667. The first-order chi connectivity index (χ1) is 9.23. The molecule has 0 saturated heterocycles. The minimum atomic E-state index is -0.711. The summed E-state index contributed by atoms with van der Waals surface area (Å²) in [5.74, 6) is -0.0410. The molecule has 1 heterocycles. The number of halogens is 1. The lowest BCUT2D eigenvalue weighted by Gasteiger charge is -2.31. The Labute approximate surface area is 121 Å². The molecule has 2 N–H and O–H groups in total. The SMILES string of the molecule is CNC(c1ccc(F)cn1)C(C)CN(C)CC(C)(C)O. The van der Waals surface area contributed by atoms with Crippen LogP contribution in [0.2, 0.25) is 0 Å². The Bertz CT molecular complexity index is 403. The molecule has 114 valence electrons. The number of aliphatic hydroxyl groups is 1. The van der Waals surface area contributed by atoms with Gasteiger partial charge in [0, 0.05) is 13.1 Å². The zero-order valence-corrected chi connectivity index (χ0v) is 13.0. The Morgan fingerprint density at radius 3 is 2.55 bits per heavy atom. The Hall–Kier alpha value is -1.04. The lowest BCUT2D eigenvalue weighted by molar-refractivity contribution is 0.0392.